The average Bonchev–Trinajstić information content (AvgIpc) is 1.95. The van der Waals surface area contributed by atoms with Gasteiger partial charge < -0.3 is 15.7 Å². The molecule has 0 atom stereocenters. The Morgan fingerprint density at radius 1 is 1.50 bits per heavy atom. The Balaban J connectivity index is 2.23. The van der Waals surface area contributed by atoms with Gasteiger partial charge in [-0.05, 0) is 39.5 Å². The molecule has 0 heterocycles. The van der Waals surface area contributed by atoms with Crippen molar-refractivity contribution in [2.75, 3.05) is 6.61 Å². The highest BCUT2D eigenvalue weighted by molar-refractivity contribution is 5.75. The van der Waals surface area contributed by atoms with Gasteiger partial charge in [0, 0.05) is 18.2 Å². The largest absolute Gasteiger partial charge is 0.396 e. The number of rotatable bonds is 4. The predicted octanol–water partition coefficient (Wildman–Crippen LogP) is 0.999. The van der Waals surface area contributed by atoms with Gasteiger partial charge in [0.15, 0.2) is 0 Å². The smallest absolute Gasteiger partial charge is 0.315 e. The summed E-state index contributed by atoms with van der Waals surface area (Å²) in [6.07, 6.45) is 3.97. The molecule has 4 nitrogen and oxygen atoms in total. The number of hydrogen-bond donors (Lipinski definition) is 3. The van der Waals surface area contributed by atoms with Crippen molar-refractivity contribution >= 4 is 6.03 Å². The Bertz CT molecular complexity index is 200. The number of nitrogens with one attached hydrogen (secondary N) is 2. The van der Waals surface area contributed by atoms with Gasteiger partial charge in [0.1, 0.15) is 0 Å². The summed E-state index contributed by atoms with van der Waals surface area (Å²) >= 11 is 0. The standard InChI is InChI=1S/C10H20N2O2/c1-10(2,6-7-13)12-9(14)11-8-4-3-5-8/h8,13H,3-7H2,1-2H3,(H2,11,12,14). The van der Waals surface area contributed by atoms with Crippen molar-refractivity contribution in [1.29, 1.82) is 0 Å². The summed E-state index contributed by atoms with van der Waals surface area (Å²) in [5.41, 5.74) is -0.331. The summed E-state index contributed by atoms with van der Waals surface area (Å²) < 4.78 is 0. The molecule has 2 amide bonds. The van der Waals surface area contributed by atoms with Crippen molar-refractivity contribution in [3.8, 4) is 0 Å². The van der Waals surface area contributed by atoms with Gasteiger partial charge in [-0.2, -0.15) is 0 Å². The minimum atomic E-state index is -0.331. The number of aliphatic hydroxyl groups excluding tert-OH is 1. The van der Waals surface area contributed by atoms with Crippen LogP contribution in [-0.2, 0) is 0 Å². The molecule has 3 N–H and O–H groups in total. The second-order valence-corrected chi connectivity index (χ2v) is 4.58. The zero-order valence-electron chi connectivity index (χ0n) is 8.97. The normalized spacial score (nSPS) is 17.4. The van der Waals surface area contributed by atoms with Gasteiger partial charge in [-0.25, -0.2) is 4.79 Å². The number of carbonyl (C=O) groups excluding carboxylic acids is 1. The van der Waals surface area contributed by atoms with Crippen LogP contribution in [0.1, 0.15) is 39.5 Å². The van der Waals surface area contributed by atoms with E-state index < -0.39 is 0 Å². The first kappa shape index (κ1) is 11.3. The van der Waals surface area contributed by atoms with Crippen molar-refractivity contribution in [1.82, 2.24) is 10.6 Å². The van der Waals surface area contributed by atoms with E-state index in [0.29, 0.717) is 12.5 Å². The Morgan fingerprint density at radius 3 is 2.57 bits per heavy atom. The summed E-state index contributed by atoms with van der Waals surface area (Å²) in [5, 5.41) is 14.5. The van der Waals surface area contributed by atoms with Gasteiger partial charge >= 0.3 is 6.03 Å². The molecule has 1 saturated carbocycles. The van der Waals surface area contributed by atoms with E-state index >= 15 is 0 Å². The lowest BCUT2D eigenvalue weighted by Gasteiger charge is -2.30. The minimum Gasteiger partial charge on any atom is -0.396 e. The number of aliphatic hydroxyl groups is 1. The fourth-order valence-corrected chi connectivity index (χ4v) is 1.42. The highest BCUT2D eigenvalue weighted by Crippen LogP contribution is 2.18. The van der Waals surface area contributed by atoms with Gasteiger partial charge in [-0.1, -0.05) is 0 Å². The van der Waals surface area contributed by atoms with Gasteiger partial charge in [-0.3, -0.25) is 0 Å². The first-order chi connectivity index (χ1) is 6.53. The fraction of sp³-hybridized carbons (Fsp3) is 0.900. The van der Waals surface area contributed by atoms with Crippen LogP contribution in [0, 0.1) is 0 Å². The lowest BCUT2D eigenvalue weighted by molar-refractivity contribution is 0.202. The van der Waals surface area contributed by atoms with Crippen LogP contribution in [0.5, 0.6) is 0 Å². The average molecular weight is 200 g/mol. The molecule has 14 heavy (non-hydrogen) atoms. The van der Waals surface area contributed by atoms with E-state index in [2.05, 4.69) is 10.6 Å². The van der Waals surface area contributed by atoms with E-state index in [9.17, 15) is 4.79 Å². The predicted molar refractivity (Wildman–Crippen MR) is 55.1 cm³/mol. The van der Waals surface area contributed by atoms with E-state index in [-0.39, 0.29) is 18.2 Å². The second kappa shape index (κ2) is 4.64. The van der Waals surface area contributed by atoms with E-state index in [1.807, 2.05) is 13.8 Å². The molecule has 82 valence electrons. The maximum Gasteiger partial charge on any atom is 0.315 e. The van der Waals surface area contributed by atoms with Gasteiger partial charge in [0.2, 0.25) is 0 Å². The van der Waals surface area contributed by atoms with Gasteiger partial charge in [0.05, 0.1) is 0 Å². The summed E-state index contributed by atoms with van der Waals surface area (Å²) in [6.45, 7) is 3.91. The molecule has 0 aromatic heterocycles. The van der Waals surface area contributed by atoms with E-state index in [4.69, 9.17) is 5.11 Å². The molecular weight excluding hydrogens is 180 g/mol. The van der Waals surface area contributed by atoms with E-state index in [0.717, 1.165) is 12.8 Å². The summed E-state index contributed by atoms with van der Waals surface area (Å²) in [6, 6.07) is 0.244. The van der Waals surface area contributed by atoms with Crippen LogP contribution in [0.15, 0.2) is 0 Å². The molecule has 0 aliphatic heterocycles. The molecule has 1 rings (SSSR count). The van der Waals surface area contributed by atoms with Crippen molar-refractivity contribution < 1.29 is 9.90 Å². The van der Waals surface area contributed by atoms with Crippen LogP contribution in [0.3, 0.4) is 0 Å². The maximum absolute atomic E-state index is 11.4. The zero-order chi connectivity index (χ0) is 10.6. The number of urea groups is 1. The van der Waals surface area contributed by atoms with Crippen LogP contribution < -0.4 is 10.6 Å². The summed E-state index contributed by atoms with van der Waals surface area (Å²) in [7, 11) is 0. The molecule has 1 aliphatic carbocycles. The number of hydrogen-bond acceptors (Lipinski definition) is 2. The quantitative estimate of drug-likeness (QED) is 0.634. The van der Waals surface area contributed by atoms with Crippen LogP contribution in [0.25, 0.3) is 0 Å². The van der Waals surface area contributed by atoms with Crippen molar-refractivity contribution in [3.63, 3.8) is 0 Å². The van der Waals surface area contributed by atoms with Crippen LogP contribution in [-0.4, -0.2) is 29.3 Å². The highest BCUT2D eigenvalue weighted by Gasteiger charge is 2.23. The molecule has 0 bridgehead atoms. The molecule has 0 aromatic carbocycles. The third-order valence-corrected chi connectivity index (χ3v) is 2.63. The summed E-state index contributed by atoms with van der Waals surface area (Å²) in [5.74, 6) is 0. The molecule has 0 unspecified atom stereocenters. The first-order valence-electron chi connectivity index (χ1n) is 5.23. The molecule has 1 fully saturated rings. The van der Waals surface area contributed by atoms with Gasteiger partial charge in [-0.15, -0.1) is 0 Å². The van der Waals surface area contributed by atoms with Crippen molar-refractivity contribution in [2.45, 2.75) is 51.1 Å². The van der Waals surface area contributed by atoms with Gasteiger partial charge in [0.25, 0.3) is 0 Å². The molecule has 1 aliphatic rings. The molecule has 0 radical (unpaired) electrons. The number of amides is 2. The lowest BCUT2D eigenvalue weighted by atomic mass is 9.93. The molecule has 4 heteroatoms. The van der Waals surface area contributed by atoms with Crippen molar-refractivity contribution in [3.05, 3.63) is 0 Å². The minimum absolute atomic E-state index is 0.0940. The Labute approximate surface area is 85.1 Å². The third kappa shape index (κ3) is 3.54. The second-order valence-electron chi connectivity index (χ2n) is 4.58. The Morgan fingerprint density at radius 2 is 2.14 bits per heavy atom. The molecule has 0 spiro atoms. The van der Waals surface area contributed by atoms with Crippen LogP contribution in [0.2, 0.25) is 0 Å². The zero-order valence-corrected chi connectivity index (χ0v) is 8.97. The first-order valence-corrected chi connectivity index (χ1v) is 5.23. The molecular formula is C10H20N2O2. The molecule has 0 aromatic rings. The van der Waals surface area contributed by atoms with Crippen LogP contribution in [0.4, 0.5) is 4.79 Å². The van der Waals surface area contributed by atoms with Crippen LogP contribution >= 0.6 is 0 Å². The van der Waals surface area contributed by atoms with Crippen molar-refractivity contribution in [2.24, 2.45) is 0 Å². The Kier molecular flexibility index (Phi) is 3.75. The fourth-order valence-electron chi connectivity index (χ4n) is 1.42. The Hall–Kier alpha value is -0.770. The summed E-state index contributed by atoms with van der Waals surface area (Å²) in [4.78, 5) is 11.4. The number of carbonyl (C=O) groups is 1. The third-order valence-electron chi connectivity index (χ3n) is 2.63. The van der Waals surface area contributed by atoms with E-state index in [1.165, 1.54) is 6.42 Å². The monoisotopic (exact) mass is 200 g/mol. The molecule has 0 saturated heterocycles. The topological polar surface area (TPSA) is 61.4 Å². The maximum atomic E-state index is 11.4. The SMILES string of the molecule is CC(C)(CCO)NC(=O)NC1CCC1. The highest BCUT2D eigenvalue weighted by atomic mass is 16.3. The lowest BCUT2D eigenvalue weighted by Crippen LogP contribution is -2.52. The van der Waals surface area contributed by atoms with E-state index in [1.54, 1.807) is 0 Å².